The van der Waals surface area contributed by atoms with Crippen molar-refractivity contribution < 1.29 is 4.74 Å². The topological polar surface area (TPSA) is 61.2 Å². The molecule has 22 heavy (non-hydrogen) atoms. The molecule has 1 aromatic rings. The number of piperidine rings is 1. The molecule has 0 aromatic heterocycles. The zero-order chi connectivity index (χ0) is 15.4. The molecule has 1 heterocycles. The summed E-state index contributed by atoms with van der Waals surface area (Å²) in [5.41, 5.74) is 11.6. The third-order valence-electron chi connectivity index (χ3n) is 4.90. The van der Waals surface area contributed by atoms with Gasteiger partial charge in [0, 0.05) is 24.0 Å². The highest BCUT2D eigenvalue weighted by Crippen LogP contribution is 2.37. The average Bonchev–Trinajstić information content (AvgIpc) is 2.99. The van der Waals surface area contributed by atoms with E-state index in [0.29, 0.717) is 6.04 Å². The number of azide groups is 1. The molecule has 0 spiro atoms. The van der Waals surface area contributed by atoms with Crippen molar-refractivity contribution >= 4 is 0 Å². The fourth-order valence-corrected chi connectivity index (χ4v) is 3.72. The molecular formula is C17H24N4O. The molecule has 5 heteroatoms. The van der Waals surface area contributed by atoms with E-state index in [4.69, 9.17) is 10.3 Å². The number of benzene rings is 1. The molecule has 1 saturated heterocycles. The predicted molar refractivity (Wildman–Crippen MR) is 86.4 cm³/mol. The van der Waals surface area contributed by atoms with Crippen molar-refractivity contribution in [1.29, 1.82) is 0 Å². The summed E-state index contributed by atoms with van der Waals surface area (Å²) < 4.78 is 5.91. The summed E-state index contributed by atoms with van der Waals surface area (Å²) in [6.45, 7) is 4.12. The lowest BCUT2D eigenvalue weighted by molar-refractivity contribution is -0.0461. The quantitative estimate of drug-likeness (QED) is 0.465. The SMILES string of the molecule is CCC(N=[N+]=[N-])OC1CCN(C2CCc3ccccc32)CC1. The highest BCUT2D eigenvalue weighted by atomic mass is 16.5. The number of ether oxygens (including phenoxy) is 1. The molecule has 0 radical (unpaired) electrons. The lowest BCUT2D eigenvalue weighted by Gasteiger charge is -2.37. The van der Waals surface area contributed by atoms with Gasteiger partial charge in [-0.05, 0) is 48.8 Å². The van der Waals surface area contributed by atoms with E-state index in [2.05, 4.69) is 39.2 Å². The van der Waals surface area contributed by atoms with E-state index in [1.54, 1.807) is 0 Å². The summed E-state index contributed by atoms with van der Waals surface area (Å²) >= 11 is 0. The number of aryl methyl sites for hydroxylation is 1. The molecule has 2 aliphatic rings. The average molecular weight is 300 g/mol. The van der Waals surface area contributed by atoms with Crippen molar-refractivity contribution in [3.63, 3.8) is 0 Å². The Kier molecular flexibility index (Phi) is 4.98. The number of rotatable bonds is 5. The zero-order valence-electron chi connectivity index (χ0n) is 13.2. The van der Waals surface area contributed by atoms with Crippen LogP contribution in [-0.4, -0.2) is 30.3 Å². The van der Waals surface area contributed by atoms with Gasteiger partial charge in [-0.3, -0.25) is 4.90 Å². The van der Waals surface area contributed by atoms with Gasteiger partial charge in [0.2, 0.25) is 0 Å². The van der Waals surface area contributed by atoms with E-state index in [1.807, 2.05) is 6.92 Å². The number of hydrogen-bond acceptors (Lipinski definition) is 3. The van der Waals surface area contributed by atoms with Gasteiger partial charge in [0.25, 0.3) is 0 Å². The Bertz CT molecular complexity index is 547. The third-order valence-corrected chi connectivity index (χ3v) is 4.90. The number of nitrogens with zero attached hydrogens (tertiary/aromatic N) is 4. The van der Waals surface area contributed by atoms with Gasteiger partial charge < -0.3 is 4.74 Å². The number of likely N-dealkylation sites (tertiary alicyclic amines) is 1. The molecule has 0 saturated carbocycles. The van der Waals surface area contributed by atoms with Crippen molar-refractivity contribution in [3.8, 4) is 0 Å². The molecule has 2 unspecified atom stereocenters. The minimum Gasteiger partial charge on any atom is -0.369 e. The molecule has 1 aliphatic heterocycles. The van der Waals surface area contributed by atoms with Crippen LogP contribution in [0.15, 0.2) is 29.4 Å². The second kappa shape index (κ2) is 7.14. The van der Waals surface area contributed by atoms with Gasteiger partial charge in [-0.15, -0.1) is 0 Å². The van der Waals surface area contributed by atoms with Crippen LogP contribution in [0.1, 0.15) is 49.8 Å². The molecule has 1 aliphatic carbocycles. The van der Waals surface area contributed by atoms with Crippen molar-refractivity contribution in [1.82, 2.24) is 4.90 Å². The molecule has 118 valence electrons. The van der Waals surface area contributed by atoms with Crippen LogP contribution in [0, 0.1) is 0 Å². The Hall–Kier alpha value is -1.55. The van der Waals surface area contributed by atoms with Gasteiger partial charge in [0.05, 0.1) is 6.10 Å². The second-order valence-electron chi connectivity index (χ2n) is 6.19. The first-order valence-corrected chi connectivity index (χ1v) is 8.33. The summed E-state index contributed by atoms with van der Waals surface area (Å²) in [7, 11) is 0. The number of fused-ring (bicyclic) bond motifs is 1. The van der Waals surface area contributed by atoms with Crippen LogP contribution in [-0.2, 0) is 11.2 Å². The van der Waals surface area contributed by atoms with Gasteiger partial charge in [-0.1, -0.05) is 36.3 Å². The molecule has 1 fully saturated rings. The Morgan fingerprint density at radius 1 is 1.32 bits per heavy atom. The van der Waals surface area contributed by atoms with E-state index in [0.717, 1.165) is 32.4 Å². The highest BCUT2D eigenvalue weighted by molar-refractivity contribution is 5.34. The minimum absolute atomic E-state index is 0.225. The van der Waals surface area contributed by atoms with E-state index in [9.17, 15) is 0 Å². The lowest BCUT2D eigenvalue weighted by Crippen LogP contribution is -2.39. The first-order valence-electron chi connectivity index (χ1n) is 8.33. The summed E-state index contributed by atoms with van der Waals surface area (Å²) in [4.78, 5) is 5.46. The maximum absolute atomic E-state index is 8.55. The number of hydrogen-bond donors (Lipinski definition) is 0. The van der Waals surface area contributed by atoms with Crippen molar-refractivity contribution in [3.05, 3.63) is 45.8 Å². The summed E-state index contributed by atoms with van der Waals surface area (Å²) in [5.74, 6) is 0. The molecule has 2 atom stereocenters. The van der Waals surface area contributed by atoms with E-state index in [-0.39, 0.29) is 12.3 Å². The second-order valence-corrected chi connectivity index (χ2v) is 6.19. The maximum Gasteiger partial charge on any atom is 0.136 e. The summed E-state index contributed by atoms with van der Waals surface area (Å²) in [6.07, 6.45) is 5.14. The van der Waals surface area contributed by atoms with E-state index < -0.39 is 0 Å². The minimum atomic E-state index is -0.311. The van der Waals surface area contributed by atoms with E-state index in [1.165, 1.54) is 24.0 Å². The Morgan fingerprint density at radius 3 is 2.82 bits per heavy atom. The molecule has 5 nitrogen and oxygen atoms in total. The van der Waals surface area contributed by atoms with Crippen molar-refractivity contribution in [2.24, 2.45) is 5.11 Å². The van der Waals surface area contributed by atoms with Crippen LogP contribution < -0.4 is 0 Å². The van der Waals surface area contributed by atoms with Crippen LogP contribution >= 0.6 is 0 Å². The van der Waals surface area contributed by atoms with E-state index >= 15 is 0 Å². The van der Waals surface area contributed by atoms with Crippen molar-refractivity contribution in [2.75, 3.05) is 13.1 Å². The van der Waals surface area contributed by atoms with Gasteiger partial charge >= 0.3 is 0 Å². The van der Waals surface area contributed by atoms with Crippen LogP contribution in [0.5, 0.6) is 0 Å². The maximum atomic E-state index is 8.55. The van der Waals surface area contributed by atoms with Gasteiger partial charge in [0.15, 0.2) is 0 Å². The lowest BCUT2D eigenvalue weighted by atomic mass is 10.0. The van der Waals surface area contributed by atoms with Crippen LogP contribution in [0.4, 0.5) is 0 Å². The zero-order valence-corrected chi connectivity index (χ0v) is 13.2. The van der Waals surface area contributed by atoms with Gasteiger partial charge in [0.1, 0.15) is 6.23 Å². The largest absolute Gasteiger partial charge is 0.369 e. The van der Waals surface area contributed by atoms with Crippen LogP contribution in [0.2, 0.25) is 0 Å². The van der Waals surface area contributed by atoms with Gasteiger partial charge in [-0.25, -0.2) is 0 Å². The van der Waals surface area contributed by atoms with Gasteiger partial charge in [-0.2, -0.15) is 0 Å². The predicted octanol–water partition coefficient (Wildman–Crippen LogP) is 4.20. The highest BCUT2D eigenvalue weighted by Gasteiger charge is 2.31. The molecule has 0 amide bonds. The molecule has 0 N–H and O–H groups in total. The molecule has 0 bridgehead atoms. The summed E-state index contributed by atoms with van der Waals surface area (Å²) in [5, 5.41) is 3.71. The molecule has 1 aromatic carbocycles. The van der Waals surface area contributed by atoms with Crippen LogP contribution in [0.3, 0.4) is 0 Å². The Morgan fingerprint density at radius 2 is 2.09 bits per heavy atom. The molecule has 3 rings (SSSR count). The monoisotopic (exact) mass is 300 g/mol. The van der Waals surface area contributed by atoms with Crippen LogP contribution in [0.25, 0.3) is 10.4 Å². The first kappa shape index (κ1) is 15.3. The van der Waals surface area contributed by atoms with Crippen molar-refractivity contribution in [2.45, 2.75) is 57.4 Å². The Labute approximate surface area is 131 Å². The fourth-order valence-electron chi connectivity index (χ4n) is 3.72. The molecular weight excluding hydrogens is 276 g/mol. The first-order chi connectivity index (χ1) is 10.8. The smallest absolute Gasteiger partial charge is 0.136 e. The Balaban J connectivity index is 1.55. The fraction of sp³-hybridized carbons (Fsp3) is 0.647. The third kappa shape index (κ3) is 3.27. The summed E-state index contributed by atoms with van der Waals surface area (Å²) in [6, 6.07) is 9.42. The normalized spacial score (nSPS) is 23.8. The standard InChI is InChI=1S/C17H24N4O/c1-2-17(19-20-18)22-14-9-11-21(12-10-14)16-8-7-13-5-3-4-6-15(13)16/h3-6,14,16-17H,2,7-12H2,1H3.